The summed E-state index contributed by atoms with van der Waals surface area (Å²) in [6.07, 6.45) is 1.37. The number of aliphatic hydroxyl groups is 1. The van der Waals surface area contributed by atoms with Gasteiger partial charge in [-0.3, -0.25) is 4.68 Å². The summed E-state index contributed by atoms with van der Waals surface area (Å²) < 4.78 is 24.3. The van der Waals surface area contributed by atoms with E-state index in [0.29, 0.717) is 6.42 Å². The van der Waals surface area contributed by atoms with Gasteiger partial charge in [-0.25, -0.2) is 8.42 Å². The first-order chi connectivity index (χ1) is 7.75. The fourth-order valence-electron chi connectivity index (χ4n) is 1.60. The van der Waals surface area contributed by atoms with Crippen LogP contribution in [0.1, 0.15) is 25.2 Å². The van der Waals surface area contributed by atoms with E-state index in [-0.39, 0.29) is 0 Å². The van der Waals surface area contributed by atoms with Crippen LogP contribution in [-0.4, -0.2) is 40.9 Å². The lowest BCUT2D eigenvalue weighted by molar-refractivity contribution is 0.171. The van der Waals surface area contributed by atoms with Crippen LogP contribution in [0.25, 0.3) is 0 Å². The summed E-state index contributed by atoms with van der Waals surface area (Å²) >= 11 is 0. The molecule has 1 aromatic rings. The third-order valence-corrected chi connectivity index (χ3v) is 4.69. The quantitative estimate of drug-likeness (QED) is 0.827. The molecule has 0 aromatic carbocycles. The van der Waals surface area contributed by atoms with Gasteiger partial charge < -0.3 is 5.11 Å². The van der Waals surface area contributed by atoms with Crippen molar-refractivity contribution < 1.29 is 13.5 Å². The molecule has 0 fully saturated rings. The van der Waals surface area contributed by atoms with Crippen molar-refractivity contribution in [1.82, 2.24) is 9.78 Å². The summed E-state index contributed by atoms with van der Waals surface area (Å²) in [5.74, 6) is 0. The number of aryl methyl sites for hydroxylation is 2. The van der Waals surface area contributed by atoms with Crippen molar-refractivity contribution in [2.75, 3.05) is 6.26 Å². The third kappa shape index (κ3) is 3.54. The van der Waals surface area contributed by atoms with Gasteiger partial charge in [-0.15, -0.1) is 0 Å². The van der Waals surface area contributed by atoms with E-state index < -0.39 is 21.2 Å². The van der Waals surface area contributed by atoms with Crippen molar-refractivity contribution in [1.29, 1.82) is 0 Å². The molecular formula is C11H20N2O3S. The van der Waals surface area contributed by atoms with E-state index in [4.69, 9.17) is 0 Å². The third-order valence-electron chi connectivity index (χ3n) is 3.03. The normalized spacial score (nSPS) is 15.8. The Labute approximate surface area is 102 Å². The lowest BCUT2D eigenvalue weighted by Crippen LogP contribution is -2.32. The number of aromatic nitrogens is 2. The van der Waals surface area contributed by atoms with Gasteiger partial charge in [0.05, 0.1) is 17.0 Å². The van der Waals surface area contributed by atoms with E-state index in [2.05, 4.69) is 5.10 Å². The maximum Gasteiger partial charge on any atom is 0.152 e. The molecule has 6 heteroatoms. The Balaban J connectivity index is 2.80. The van der Waals surface area contributed by atoms with Gasteiger partial charge in [-0.1, -0.05) is 6.92 Å². The molecule has 17 heavy (non-hydrogen) atoms. The van der Waals surface area contributed by atoms with Crippen molar-refractivity contribution in [3.8, 4) is 0 Å². The van der Waals surface area contributed by atoms with Crippen molar-refractivity contribution in [2.45, 2.75) is 38.0 Å². The molecule has 0 aliphatic carbocycles. The SMILES string of the molecule is CCc1cc(CC(O)C(C)S(C)(=O)=O)n(C)n1. The molecule has 5 nitrogen and oxygen atoms in total. The number of aliphatic hydroxyl groups excluding tert-OH is 1. The lowest BCUT2D eigenvalue weighted by atomic mass is 10.1. The first kappa shape index (κ1) is 14.2. The van der Waals surface area contributed by atoms with Gasteiger partial charge in [0.25, 0.3) is 0 Å². The largest absolute Gasteiger partial charge is 0.391 e. The molecule has 2 atom stereocenters. The van der Waals surface area contributed by atoms with Crippen LogP contribution < -0.4 is 0 Å². The van der Waals surface area contributed by atoms with Crippen molar-refractivity contribution in [2.24, 2.45) is 7.05 Å². The van der Waals surface area contributed by atoms with Crippen molar-refractivity contribution in [3.63, 3.8) is 0 Å². The monoisotopic (exact) mass is 260 g/mol. The molecule has 0 radical (unpaired) electrons. The van der Waals surface area contributed by atoms with Crippen molar-refractivity contribution >= 4 is 9.84 Å². The molecule has 1 N–H and O–H groups in total. The van der Waals surface area contributed by atoms with Gasteiger partial charge >= 0.3 is 0 Å². The summed E-state index contributed by atoms with van der Waals surface area (Å²) in [6, 6.07) is 1.90. The van der Waals surface area contributed by atoms with Gasteiger partial charge in [-0.05, 0) is 19.4 Å². The summed E-state index contributed by atoms with van der Waals surface area (Å²) in [4.78, 5) is 0. The maximum atomic E-state index is 11.3. The summed E-state index contributed by atoms with van der Waals surface area (Å²) in [5.41, 5.74) is 1.80. The zero-order chi connectivity index (χ0) is 13.2. The molecule has 1 heterocycles. The zero-order valence-corrected chi connectivity index (χ0v) is 11.5. The Bertz CT molecular complexity index is 479. The molecule has 0 bridgehead atoms. The van der Waals surface area contributed by atoms with E-state index in [1.165, 1.54) is 6.92 Å². The Kier molecular flexibility index (Phi) is 4.32. The highest BCUT2D eigenvalue weighted by Crippen LogP contribution is 2.12. The second-order valence-corrected chi connectivity index (χ2v) is 6.81. The molecule has 0 amide bonds. The minimum absolute atomic E-state index is 0.303. The summed E-state index contributed by atoms with van der Waals surface area (Å²) in [7, 11) is -1.42. The second kappa shape index (κ2) is 5.18. The van der Waals surface area contributed by atoms with E-state index >= 15 is 0 Å². The summed E-state index contributed by atoms with van der Waals surface area (Å²) in [5, 5.41) is 13.4. The zero-order valence-electron chi connectivity index (χ0n) is 10.7. The number of sulfone groups is 1. The van der Waals surface area contributed by atoms with Crippen LogP contribution in [-0.2, 0) is 29.7 Å². The molecule has 1 aromatic heterocycles. The van der Waals surface area contributed by atoms with Crippen LogP contribution in [0, 0.1) is 0 Å². The Hall–Kier alpha value is -0.880. The van der Waals surface area contributed by atoms with Crippen LogP contribution in [0.3, 0.4) is 0 Å². The summed E-state index contributed by atoms with van der Waals surface area (Å²) in [6.45, 7) is 3.53. The van der Waals surface area contributed by atoms with Crippen LogP contribution in [0.15, 0.2) is 6.07 Å². The lowest BCUT2D eigenvalue weighted by Gasteiger charge is -2.16. The molecule has 1 rings (SSSR count). The highest BCUT2D eigenvalue weighted by molar-refractivity contribution is 7.91. The van der Waals surface area contributed by atoms with Crippen LogP contribution in [0.5, 0.6) is 0 Å². The van der Waals surface area contributed by atoms with Crippen molar-refractivity contribution in [3.05, 3.63) is 17.5 Å². The van der Waals surface area contributed by atoms with Gasteiger partial charge in [0, 0.05) is 25.4 Å². The Morgan fingerprint density at radius 2 is 2.12 bits per heavy atom. The van der Waals surface area contributed by atoms with Gasteiger partial charge in [0.15, 0.2) is 9.84 Å². The molecule has 0 aliphatic heterocycles. The highest BCUT2D eigenvalue weighted by Gasteiger charge is 2.25. The van der Waals surface area contributed by atoms with Gasteiger partial charge in [0.2, 0.25) is 0 Å². The smallest absolute Gasteiger partial charge is 0.152 e. The fraction of sp³-hybridized carbons (Fsp3) is 0.727. The number of hydrogen-bond acceptors (Lipinski definition) is 4. The van der Waals surface area contributed by atoms with E-state index in [9.17, 15) is 13.5 Å². The minimum Gasteiger partial charge on any atom is -0.391 e. The topological polar surface area (TPSA) is 72.2 Å². The standard InChI is InChI=1S/C11H20N2O3S/c1-5-9-6-10(13(3)12-9)7-11(14)8(2)17(4,15)16/h6,8,11,14H,5,7H2,1-4H3. The predicted octanol–water partition coefficient (Wildman–Crippen LogP) is 0.319. The van der Waals surface area contributed by atoms with E-state index in [0.717, 1.165) is 24.1 Å². The Morgan fingerprint density at radius 3 is 2.53 bits per heavy atom. The molecule has 2 unspecified atom stereocenters. The second-order valence-electron chi connectivity index (χ2n) is 4.41. The van der Waals surface area contributed by atoms with Gasteiger partial charge in [-0.2, -0.15) is 5.10 Å². The molecule has 98 valence electrons. The predicted molar refractivity (Wildman–Crippen MR) is 66.6 cm³/mol. The van der Waals surface area contributed by atoms with E-state index in [1.807, 2.05) is 13.0 Å². The fourth-order valence-corrected chi connectivity index (χ4v) is 2.27. The van der Waals surface area contributed by atoms with Gasteiger partial charge in [0.1, 0.15) is 0 Å². The molecule has 0 aliphatic rings. The number of rotatable bonds is 5. The Morgan fingerprint density at radius 1 is 1.53 bits per heavy atom. The minimum atomic E-state index is -3.21. The number of nitrogens with zero attached hydrogens (tertiary/aromatic N) is 2. The van der Waals surface area contributed by atoms with Crippen LogP contribution in [0.2, 0.25) is 0 Å². The first-order valence-corrected chi connectivity index (χ1v) is 7.59. The number of hydrogen-bond donors (Lipinski definition) is 1. The maximum absolute atomic E-state index is 11.3. The van der Waals surface area contributed by atoms with E-state index in [1.54, 1.807) is 11.7 Å². The molecule has 0 saturated carbocycles. The van der Waals surface area contributed by atoms with Crippen LogP contribution in [0.4, 0.5) is 0 Å². The molecule has 0 saturated heterocycles. The highest BCUT2D eigenvalue weighted by atomic mass is 32.2. The average molecular weight is 260 g/mol. The molecular weight excluding hydrogens is 240 g/mol. The molecule has 0 spiro atoms. The first-order valence-electron chi connectivity index (χ1n) is 5.64. The average Bonchev–Trinajstić information content (AvgIpc) is 2.57. The van der Waals surface area contributed by atoms with Crippen LogP contribution >= 0.6 is 0 Å².